The van der Waals surface area contributed by atoms with Gasteiger partial charge in [0.1, 0.15) is 6.61 Å². The SMILES string of the molecule is COc1cccc2c1OC[C@H](N(C)CCCCNC(=O)c1ccc(-c3ccccc3)cc1)C2. The van der Waals surface area contributed by atoms with E-state index in [0.29, 0.717) is 24.8 Å². The summed E-state index contributed by atoms with van der Waals surface area (Å²) in [6, 6.07) is 24.4. The molecule has 1 aliphatic rings. The maximum Gasteiger partial charge on any atom is 0.251 e. The van der Waals surface area contributed by atoms with Gasteiger partial charge in [-0.3, -0.25) is 9.69 Å². The summed E-state index contributed by atoms with van der Waals surface area (Å²) < 4.78 is 11.4. The molecule has 4 rings (SSSR count). The van der Waals surface area contributed by atoms with Crippen LogP contribution in [0.25, 0.3) is 11.1 Å². The van der Waals surface area contributed by atoms with Crippen molar-refractivity contribution in [2.75, 3.05) is 33.9 Å². The number of nitrogens with zero attached hydrogens (tertiary/aromatic N) is 1. The van der Waals surface area contributed by atoms with Crippen LogP contribution in [-0.4, -0.2) is 50.7 Å². The van der Waals surface area contributed by atoms with Gasteiger partial charge in [0.25, 0.3) is 5.91 Å². The second-order valence-electron chi connectivity index (χ2n) is 8.50. The average molecular weight is 445 g/mol. The van der Waals surface area contributed by atoms with E-state index in [1.807, 2.05) is 54.6 Å². The molecular weight excluding hydrogens is 412 g/mol. The van der Waals surface area contributed by atoms with Gasteiger partial charge in [-0.1, -0.05) is 54.6 Å². The molecule has 0 radical (unpaired) electrons. The Morgan fingerprint density at radius 1 is 1.00 bits per heavy atom. The van der Waals surface area contributed by atoms with E-state index in [0.717, 1.165) is 48.4 Å². The van der Waals surface area contributed by atoms with E-state index < -0.39 is 0 Å². The lowest BCUT2D eigenvalue weighted by Gasteiger charge is -2.33. The summed E-state index contributed by atoms with van der Waals surface area (Å²) in [6.45, 7) is 2.31. The molecule has 0 bridgehead atoms. The molecule has 1 amide bonds. The molecule has 1 aliphatic heterocycles. The number of likely N-dealkylation sites (N-methyl/N-ethyl adjacent to an activating group) is 1. The van der Waals surface area contributed by atoms with Gasteiger partial charge in [-0.25, -0.2) is 0 Å². The van der Waals surface area contributed by atoms with Crippen LogP contribution in [0.1, 0.15) is 28.8 Å². The molecule has 0 saturated carbocycles. The maximum absolute atomic E-state index is 12.5. The first-order valence-electron chi connectivity index (χ1n) is 11.6. The van der Waals surface area contributed by atoms with E-state index in [2.05, 4.69) is 35.5 Å². The Morgan fingerprint density at radius 3 is 2.52 bits per heavy atom. The summed E-state index contributed by atoms with van der Waals surface area (Å²) in [5, 5.41) is 3.04. The fraction of sp³-hybridized carbons (Fsp3) is 0.321. The van der Waals surface area contributed by atoms with Gasteiger partial charge >= 0.3 is 0 Å². The van der Waals surface area contributed by atoms with E-state index >= 15 is 0 Å². The summed E-state index contributed by atoms with van der Waals surface area (Å²) in [7, 11) is 3.82. The fourth-order valence-corrected chi connectivity index (χ4v) is 4.24. The van der Waals surface area contributed by atoms with Gasteiger partial charge in [0.2, 0.25) is 0 Å². The van der Waals surface area contributed by atoms with Crippen molar-refractivity contribution in [1.29, 1.82) is 0 Å². The van der Waals surface area contributed by atoms with Crippen LogP contribution in [-0.2, 0) is 6.42 Å². The highest BCUT2D eigenvalue weighted by molar-refractivity contribution is 5.94. The summed E-state index contributed by atoms with van der Waals surface area (Å²) in [5.74, 6) is 1.66. The zero-order valence-corrected chi connectivity index (χ0v) is 19.4. The van der Waals surface area contributed by atoms with Gasteiger partial charge in [-0.15, -0.1) is 0 Å². The first-order valence-corrected chi connectivity index (χ1v) is 11.6. The van der Waals surface area contributed by atoms with Crippen LogP contribution in [0.5, 0.6) is 11.5 Å². The number of benzene rings is 3. The van der Waals surface area contributed by atoms with Crippen molar-refractivity contribution in [3.05, 3.63) is 83.9 Å². The highest BCUT2D eigenvalue weighted by Crippen LogP contribution is 2.35. The number of fused-ring (bicyclic) bond motifs is 1. The van der Waals surface area contributed by atoms with Crippen molar-refractivity contribution >= 4 is 5.91 Å². The third kappa shape index (κ3) is 5.74. The monoisotopic (exact) mass is 444 g/mol. The van der Waals surface area contributed by atoms with Crippen molar-refractivity contribution in [3.63, 3.8) is 0 Å². The number of hydrogen-bond donors (Lipinski definition) is 1. The number of hydrogen-bond acceptors (Lipinski definition) is 4. The molecule has 1 heterocycles. The van der Waals surface area contributed by atoms with Crippen LogP contribution in [0.3, 0.4) is 0 Å². The summed E-state index contributed by atoms with van der Waals surface area (Å²) in [5.41, 5.74) is 4.16. The lowest BCUT2D eigenvalue weighted by molar-refractivity contribution is 0.0952. The van der Waals surface area contributed by atoms with Crippen LogP contribution in [0.2, 0.25) is 0 Å². The number of amides is 1. The minimum absolute atomic E-state index is 0.0193. The number of methoxy groups -OCH3 is 1. The molecule has 0 spiro atoms. The maximum atomic E-state index is 12.5. The summed E-state index contributed by atoms with van der Waals surface area (Å²) >= 11 is 0. The molecule has 3 aromatic rings. The van der Waals surface area contributed by atoms with Crippen LogP contribution >= 0.6 is 0 Å². The molecule has 5 nitrogen and oxygen atoms in total. The van der Waals surface area contributed by atoms with Crippen LogP contribution in [0, 0.1) is 0 Å². The smallest absolute Gasteiger partial charge is 0.251 e. The van der Waals surface area contributed by atoms with Gasteiger partial charge in [0, 0.05) is 18.2 Å². The molecule has 3 aromatic carbocycles. The van der Waals surface area contributed by atoms with Gasteiger partial charge in [0.15, 0.2) is 11.5 Å². The molecule has 5 heteroatoms. The Hall–Kier alpha value is -3.31. The van der Waals surface area contributed by atoms with Crippen molar-refractivity contribution in [3.8, 4) is 22.6 Å². The van der Waals surface area contributed by atoms with E-state index in [9.17, 15) is 4.79 Å². The number of carbonyl (C=O) groups is 1. The number of carbonyl (C=O) groups excluding carboxylic acids is 1. The second kappa shape index (κ2) is 11.0. The summed E-state index contributed by atoms with van der Waals surface area (Å²) in [4.78, 5) is 14.8. The van der Waals surface area contributed by atoms with Crippen molar-refractivity contribution in [1.82, 2.24) is 10.2 Å². The van der Waals surface area contributed by atoms with Gasteiger partial charge in [0.05, 0.1) is 7.11 Å². The summed E-state index contributed by atoms with van der Waals surface area (Å²) in [6.07, 6.45) is 2.92. The molecule has 0 aliphatic carbocycles. The molecule has 0 saturated heterocycles. The Morgan fingerprint density at radius 2 is 1.76 bits per heavy atom. The normalized spacial score (nSPS) is 14.9. The van der Waals surface area contributed by atoms with E-state index in [1.54, 1.807) is 7.11 Å². The molecule has 1 atom stereocenters. The Balaban J connectivity index is 1.18. The lowest BCUT2D eigenvalue weighted by Crippen LogP contribution is -2.41. The largest absolute Gasteiger partial charge is 0.493 e. The van der Waals surface area contributed by atoms with Crippen LogP contribution in [0.4, 0.5) is 0 Å². The number of rotatable bonds is 9. The van der Waals surface area contributed by atoms with Gasteiger partial charge in [-0.2, -0.15) is 0 Å². The quantitative estimate of drug-likeness (QED) is 0.482. The molecule has 0 unspecified atom stereocenters. The Labute approximate surface area is 196 Å². The van der Waals surface area contributed by atoms with Gasteiger partial charge in [-0.05, 0) is 67.7 Å². The van der Waals surface area contributed by atoms with Crippen molar-refractivity contribution in [2.45, 2.75) is 25.3 Å². The number of nitrogens with one attached hydrogen (secondary N) is 1. The Bertz CT molecular complexity index is 1050. The second-order valence-corrected chi connectivity index (χ2v) is 8.50. The standard InChI is InChI=1S/C28H32N2O3/c1-30(25-19-24-11-8-12-26(32-2)27(24)33-20-25)18-7-6-17-29-28(31)23-15-13-22(14-16-23)21-9-4-3-5-10-21/h3-5,8-16,25H,6-7,17-20H2,1-2H3,(H,29,31)/t25-/m1/s1. The highest BCUT2D eigenvalue weighted by atomic mass is 16.5. The molecule has 1 N–H and O–H groups in total. The fourth-order valence-electron chi connectivity index (χ4n) is 4.24. The van der Waals surface area contributed by atoms with E-state index in [4.69, 9.17) is 9.47 Å². The molecule has 172 valence electrons. The zero-order valence-electron chi connectivity index (χ0n) is 19.4. The number of unbranched alkanes of at least 4 members (excludes halogenated alkanes) is 1. The molecule has 33 heavy (non-hydrogen) atoms. The third-order valence-electron chi connectivity index (χ3n) is 6.26. The third-order valence-corrected chi connectivity index (χ3v) is 6.26. The number of ether oxygens (including phenoxy) is 2. The molecule has 0 fully saturated rings. The molecule has 0 aromatic heterocycles. The Kier molecular flexibility index (Phi) is 7.63. The predicted molar refractivity (Wildman–Crippen MR) is 132 cm³/mol. The average Bonchev–Trinajstić information content (AvgIpc) is 2.88. The van der Waals surface area contributed by atoms with Crippen molar-refractivity contribution in [2.24, 2.45) is 0 Å². The zero-order chi connectivity index (χ0) is 23.0. The topological polar surface area (TPSA) is 50.8 Å². The highest BCUT2D eigenvalue weighted by Gasteiger charge is 2.25. The first-order chi connectivity index (χ1) is 16.2. The minimum Gasteiger partial charge on any atom is -0.493 e. The van der Waals surface area contributed by atoms with Crippen LogP contribution < -0.4 is 14.8 Å². The minimum atomic E-state index is -0.0193. The van der Waals surface area contributed by atoms with Crippen molar-refractivity contribution < 1.29 is 14.3 Å². The lowest BCUT2D eigenvalue weighted by atomic mass is 10.0. The van der Waals surface area contributed by atoms with Gasteiger partial charge < -0.3 is 14.8 Å². The van der Waals surface area contributed by atoms with Crippen LogP contribution in [0.15, 0.2) is 72.8 Å². The number of para-hydroxylation sites is 1. The predicted octanol–water partition coefficient (Wildman–Crippen LogP) is 4.81. The molecular formula is C28H32N2O3. The first kappa shape index (κ1) is 22.9. The van der Waals surface area contributed by atoms with E-state index in [1.165, 1.54) is 5.56 Å². The van der Waals surface area contributed by atoms with E-state index in [-0.39, 0.29) is 5.91 Å².